The molecule has 0 saturated carbocycles. The number of hydrogen-bond donors (Lipinski definition) is 1. The average Bonchev–Trinajstić information content (AvgIpc) is 2.48. The van der Waals surface area contributed by atoms with E-state index in [9.17, 15) is 5.26 Å². The van der Waals surface area contributed by atoms with Gasteiger partial charge in [-0.05, 0) is 43.7 Å². The molecule has 0 bridgehead atoms. The van der Waals surface area contributed by atoms with Crippen molar-refractivity contribution in [2.24, 2.45) is 0 Å². The van der Waals surface area contributed by atoms with Crippen molar-refractivity contribution in [1.29, 1.82) is 5.26 Å². The van der Waals surface area contributed by atoms with Crippen LogP contribution in [0.25, 0.3) is 10.9 Å². The predicted octanol–water partition coefficient (Wildman–Crippen LogP) is 4.47. The molecule has 0 radical (unpaired) electrons. The van der Waals surface area contributed by atoms with E-state index in [2.05, 4.69) is 16.4 Å². The average molecular weight is 273 g/mol. The molecule has 0 amide bonds. The summed E-state index contributed by atoms with van der Waals surface area (Å²) in [4.78, 5) is 4.53. The Bertz CT molecular complexity index is 860. The maximum atomic E-state index is 9.29. The first-order valence-corrected chi connectivity index (χ1v) is 6.81. The van der Waals surface area contributed by atoms with E-state index in [0.717, 1.165) is 33.5 Å². The Balaban J connectivity index is 2.13. The van der Waals surface area contributed by atoms with Crippen LogP contribution in [0.2, 0.25) is 0 Å². The number of pyridine rings is 1. The van der Waals surface area contributed by atoms with Crippen molar-refractivity contribution in [3.05, 3.63) is 65.4 Å². The molecular weight excluding hydrogens is 258 g/mol. The molecule has 0 spiro atoms. The molecule has 0 aliphatic heterocycles. The van der Waals surface area contributed by atoms with Crippen LogP contribution in [0.3, 0.4) is 0 Å². The summed E-state index contributed by atoms with van der Waals surface area (Å²) in [6, 6.07) is 18.1. The van der Waals surface area contributed by atoms with E-state index in [1.54, 1.807) is 0 Å². The van der Waals surface area contributed by atoms with Gasteiger partial charge in [0.2, 0.25) is 0 Å². The lowest BCUT2D eigenvalue weighted by Crippen LogP contribution is -1.97. The highest BCUT2D eigenvalue weighted by atomic mass is 14.9. The highest BCUT2D eigenvalue weighted by Gasteiger charge is 2.07. The number of nitrogens with one attached hydrogen (secondary N) is 1. The van der Waals surface area contributed by atoms with E-state index in [4.69, 9.17) is 0 Å². The standard InChI is InChI=1S/C18H15N3/c1-12-7-8-16(14(9-12)11-19)21-18-10-13(2)20-17-6-4-3-5-15(17)18/h3-10H,1-2H3,(H,20,21). The second-order valence-electron chi connectivity index (χ2n) is 5.11. The first-order valence-electron chi connectivity index (χ1n) is 6.81. The molecule has 3 rings (SSSR count). The molecular formula is C18H15N3. The van der Waals surface area contributed by atoms with Gasteiger partial charge in [-0.3, -0.25) is 4.98 Å². The molecule has 102 valence electrons. The largest absolute Gasteiger partial charge is 0.354 e. The van der Waals surface area contributed by atoms with Crippen LogP contribution in [0.5, 0.6) is 0 Å². The van der Waals surface area contributed by atoms with Crippen molar-refractivity contribution in [2.45, 2.75) is 13.8 Å². The number of hydrogen-bond acceptors (Lipinski definition) is 3. The van der Waals surface area contributed by atoms with E-state index in [1.165, 1.54) is 0 Å². The maximum Gasteiger partial charge on any atom is 0.101 e. The third-order valence-electron chi connectivity index (χ3n) is 3.41. The first-order chi connectivity index (χ1) is 10.2. The van der Waals surface area contributed by atoms with Gasteiger partial charge in [0.25, 0.3) is 0 Å². The predicted molar refractivity (Wildman–Crippen MR) is 85.7 cm³/mol. The van der Waals surface area contributed by atoms with Crippen molar-refractivity contribution >= 4 is 22.3 Å². The molecule has 1 aromatic heterocycles. The second-order valence-corrected chi connectivity index (χ2v) is 5.11. The zero-order chi connectivity index (χ0) is 14.8. The van der Waals surface area contributed by atoms with Crippen molar-refractivity contribution < 1.29 is 0 Å². The minimum atomic E-state index is 0.647. The van der Waals surface area contributed by atoms with Gasteiger partial charge in [0.05, 0.1) is 16.8 Å². The number of nitrogens with zero attached hydrogens (tertiary/aromatic N) is 2. The Hall–Kier alpha value is -2.86. The number of nitriles is 1. The van der Waals surface area contributed by atoms with E-state index < -0.39 is 0 Å². The lowest BCUT2D eigenvalue weighted by molar-refractivity contribution is 1.25. The van der Waals surface area contributed by atoms with Gasteiger partial charge in [-0.2, -0.15) is 5.26 Å². The molecule has 3 nitrogen and oxygen atoms in total. The van der Waals surface area contributed by atoms with Crippen molar-refractivity contribution in [3.63, 3.8) is 0 Å². The fourth-order valence-electron chi connectivity index (χ4n) is 2.42. The third-order valence-corrected chi connectivity index (χ3v) is 3.41. The molecule has 0 aliphatic rings. The van der Waals surface area contributed by atoms with Crippen LogP contribution in [0.1, 0.15) is 16.8 Å². The Labute approximate surface area is 123 Å². The number of aromatic nitrogens is 1. The van der Waals surface area contributed by atoms with Gasteiger partial charge < -0.3 is 5.32 Å². The van der Waals surface area contributed by atoms with Gasteiger partial charge in [0, 0.05) is 16.8 Å². The quantitative estimate of drug-likeness (QED) is 0.749. The smallest absolute Gasteiger partial charge is 0.101 e. The van der Waals surface area contributed by atoms with Crippen molar-refractivity contribution in [1.82, 2.24) is 4.98 Å². The van der Waals surface area contributed by atoms with Crippen LogP contribution < -0.4 is 5.32 Å². The summed E-state index contributed by atoms with van der Waals surface area (Å²) in [6.07, 6.45) is 0. The molecule has 3 aromatic rings. The molecule has 21 heavy (non-hydrogen) atoms. The zero-order valence-electron chi connectivity index (χ0n) is 12.0. The highest BCUT2D eigenvalue weighted by molar-refractivity contribution is 5.93. The van der Waals surface area contributed by atoms with Gasteiger partial charge >= 0.3 is 0 Å². The van der Waals surface area contributed by atoms with Crippen LogP contribution >= 0.6 is 0 Å². The lowest BCUT2D eigenvalue weighted by Gasteiger charge is -2.12. The maximum absolute atomic E-state index is 9.29. The number of rotatable bonds is 2. The van der Waals surface area contributed by atoms with Crippen LogP contribution in [-0.4, -0.2) is 4.98 Å². The summed E-state index contributed by atoms with van der Waals surface area (Å²) in [6.45, 7) is 3.95. The molecule has 3 heteroatoms. The lowest BCUT2D eigenvalue weighted by atomic mass is 10.1. The number of aryl methyl sites for hydroxylation is 2. The SMILES string of the molecule is Cc1ccc(Nc2cc(C)nc3ccccc23)c(C#N)c1. The number of para-hydroxylation sites is 1. The van der Waals surface area contributed by atoms with Gasteiger partial charge in [0.1, 0.15) is 6.07 Å². The fourth-order valence-corrected chi connectivity index (χ4v) is 2.42. The molecule has 2 aromatic carbocycles. The summed E-state index contributed by atoms with van der Waals surface area (Å²) < 4.78 is 0. The zero-order valence-corrected chi connectivity index (χ0v) is 12.0. The molecule has 0 saturated heterocycles. The fraction of sp³-hybridized carbons (Fsp3) is 0.111. The van der Waals surface area contributed by atoms with Gasteiger partial charge in [-0.25, -0.2) is 0 Å². The Morgan fingerprint density at radius 3 is 2.62 bits per heavy atom. The topological polar surface area (TPSA) is 48.7 Å². The van der Waals surface area contributed by atoms with Gasteiger partial charge in [0.15, 0.2) is 0 Å². The van der Waals surface area contributed by atoms with Crippen molar-refractivity contribution in [2.75, 3.05) is 5.32 Å². The van der Waals surface area contributed by atoms with Gasteiger partial charge in [-0.1, -0.05) is 24.3 Å². The summed E-state index contributed by atoms with van der Waals surface area (Å²) in [5.74, 6) is 0. The summed E-state index contributed by atoms with van der Waals surface area (Å²) in [5.41, 5.74) is 5.41. The van der Waals surface area contributed by atoms with E-state index in [0.29, 0.717) is 5.56 Å². The molecule has 1 heterocycles. The van der Waals surface area contributed by atoms with Crippen molar-refractivity contribution in [3.8, 4) is 6.07 Å². The highest BCUT2D eigenvalue weighted by Crippen LogP contribution is 2.28. The normalized spacial score (nSPS) is 10.3. The van der Waals surface area contributed by atoms with Gasteiger partial charge in [-0.15, -0.1) is 0 Å². The Morgan fingerprint density at radius 1 is 1.00 bits per heavy atom. The summed E-state index contributed by atoms with van der Waals surface area (Å²) in [5, 5.41) is 13.7. The molecule has 1 N–H and O–H groups in total. The van der Waals surface area contributed by atoms with Crippen LogP contribution in [0.4, 0.5) is 11.4 Å². The van der Waals surface area contributed by atoms with E-state index >= 15 is 0 Å². The van der Waals surface area contributed by atoms with Crippen LogP contribution in [0.15, 0.2) is 48.5 Å². The van der Waals surface area contributed by atoms with E-state index in [-0.39, 0.29) is 0 Å². The van der Waals surface area contributed by atoms with E-state index in [1.807, 2.05) is 62.4 Å². The molecule has 0 aliphatic carbocycles. The van der Waals surface area contributed by atoms with Crippen LogP contribution in [-0.2, 0) is 0 Å². The molecule has 0 unspecified atom stereocenters. The molecule has 0 atom stereocenters. The summed E-state index contributed by atoms with van der Waals surface area (Å²) in [7, 11) is 0. The third kappa shape index (κ3) is 2.56. The number of benzene rings is 2. The first kappa shape index (κ1) is 13.1. The van der Waals surface area contributed by atoms with Crippen LogP contribution in [0, 0.1) is 25.2 Å². The summed E-state index contributed by atoms with van der Waals surface area (Å²) >= 11 is 0. The number of anilines is 2. The Morgan fingerprint density at radius 2 is 1.81 bits per heavy atom. The minimum Gasteiger partial charge on any atom is -0.354 e. The monoisotopic (exact) mass is 273 g/mol. The Kier molecular flexibility index (Phi) is 3.29. The molecule has 0 fully saturated rings. The second kappa shape index (κ2) is 5.26. The minimum absolute atomic E-state index is 0.647. The number of fused-ring (bicyclic) bond motifs is 1.